The van der Waals surface area contributed by atoms with Gasteiger partial charge in [-0.05, 0) is 36.7 Å². The summed E-state index contributed by atoms with van der Waals surface area (Å²) in [6.07, 6.45) is 6.82. The maximum Gasteiger partial charge on any atom is 0.254 e. The van der Waals surface area contributed by atoms with Crippen LogP contribution in [0.3, 0.4) is 0 Å². The molecule has 2 fully saturated rings. The van der Waals surface area contributed by atoms with Gasteiger partial charge in [0, 0.05) is 38.9 Å². The van der Waals surface area contributed by atoms with Crippen molar-refractivity contribution < 1.29 is 4.79 Å². The SMILES string of the molecule is Cn1cc(C(=O)NC2CC[C@@H]3CN(Cc4ccccc4)C[C@@H]3C2)cn1. The van der Waals surface area contributed by atoms with Gasteiger partial charge in [-0.2, -0.15) is 5.10 Å². The number of carbonyl (C=O) groups is 1. The summed E-state index contributed by atoms with van der Waals surface area (Å²) in [4.78, 5) is 14.9. The Hall–Kier alpha value is -2.14. The molecule has 1 aromatic heterocycles. The molecule has 132 valence electrons. The molecule has 1 saturated heterocycles. The number of nitrogens with zero attached hydrogens (tertiary/aromatic N) is 3. The second-order valence-electron chi connectivity index (χ2n) is 7.59. The van der Waals surface area contributed by atoms with Gasteiger partial charge in [-0.1, -0.05) is 30.3 Å². The Bertz CT molecular complexity index is 726. The number of hydrogen-bond acceptors (Lipinski definition) is 3. The van der Waals surface area contributed by atoms with Gasteiger partial charge in [0.2, 0.25) is 0 Å². The maximum absolute atomic E-state index is 12.3. The van der Waals surface area contributed by atoms with Crippen LogP contribution in [0, 0.1) is 11.8 Å². The topological polar surface area (TPSA) is 50.2 Å². The lowest BCUT2D eigenvalue weighted by atomic mass is 9.79. The Balaban J connectivity index is 1.31. The van der Waals surface area contributed by atoms with Crippen LogP contribution in [-0.2, 0) is 13.6 Å². The zero-order valence-electron chi connectivity index (χ0n) is 14.8. The lowest BCUT2D eigenvalue weighted by Crippen LogP contribution is -2.40. The monoisotopic (exact) mass is 338 g/mol. The number of likely N-dealkylation sites (tertiary alicyclic amines) is 1. The van der Waals surface area contributed by atoms with Gasteiger partial charge in [0.1, 0.15) is 0 Å². The van der Waals surface area contributed by atoms with Crippen molar-refractivity contribution >= 4 is 5.91 Å². The molecular weight excluding hydrogens is 312 g/mol. The summed E-state index contributed by atoms with van der Waals surface area (Å²) in [6, 6.07) is 11.0. The molecule has 1 aliphatic carbocycles. The Morgan fingerprint density at radius 1 is 1.20 bits per heavy atom. The number of nitrogens with one attached hydrogen (secondary N) is 1. The molecule has 2 heterocycles. The molecule has 5 heteroatoms. The molecule has 1 saturated carbocycles. The number of carbonyl (C=O) groups excluding carboxylic acids is 1. The third-order valence-electron chi connectivity index (χ3n) is 5.68. The van der Waals surface area contributed by atoms with Crippen molar-refractivity contribution in [2.24, 2.45) is 18.9 Å². The average molecular weight is 338 g/mol. The third kappa shape index (κ3) is 3.76. The van der Waals surface area contributed by atoms with Gasteiger partial charge in [0.15, 0.2) is 0 Å². The van der Waals surface area contributed by atoms with Crippen molar-refractivity contribution in [3.63, 3.8) is 0 Å². The summed E-state index contributed by atoms with van der Waals surface area (Å²) >= 11 is 0. The second kappa shape index (κ2) is 7.00. The lowest BCUT2D eigenvalue weighted by molar-refractivity contribution is 0.0913. The number of rotatable bonds is 4. The standard InChI is InChI=1S/C20H26N4O/c1-23-12-18(10-21-23)20(25)22-19-8-7-16-13-24(14-17(16)9-19)11-15-5-3-2-4-6-15/h2-6,10,12,16-17,19H,7-9,11,13-14H2,1H3,(H,22,25)/t16-,17+,19?/m1/s1. The van der Waals surface area contributed by atoms with Crippen molar-refractivity contribution in [3.8, 4) is 0 Å². The number of aromatic nitrogens is 2. The van der Waals surface area contributed by atoms with Crippen LogP contribution in [-0.4, -0.2) is 39.7 Å². The molecule has 2 aromatic rings. The van der Waals surface area contributed by atoms with E-state index >= 15 is 0 Å². The van der Waals surface area contributed by atoms with E-state index in [0.717, 1.165) is 31.8 Å². The fourth-order valence-corrected chi connectivity index (χ4v) is 4.44. The summed E-state index contributed by atoms with van der Waals surface area (Å²) in [5.41, 5.74) is 2.05. The minimum atomic E-state index is 0.00990. The number of aryl methyl sites for hydroxylation is 1. The van der Waals surface area contributed by atoms with Gasteiger partial charge in [-0.15, -0.1) is 0 Å². The highest BCUT2D eigenvalue weighted by molar-refractivity contribution is 5.93. The largest absolute Gasteiger partial charge is 0.349 e. The molecule has 1 aliphatic heterocycles. The van der Waals surface area contributed by atoms with E-state index in [-0.39, 0.29) is 5.91 Å². The molecule has 0 spiro atoms. The zero-order valence-corrected chi connectivity index (χ0v) is 14.8. The number of amides is 1. The summed E-state index contributed by atoms with van der Waals surface area (Å²) in [5, 5.41) is 7.30. The highest BCUT2D eigenvalue weighted by Crippen LogP contribution is 2.36. The predicted octanol–water partition coefficient (Wildman–Crippen LogP) is 2.45. The second-order valence-corrected chi connectivity index (χ2v) is 7.59. The van der Waals surface area contributed by atoms with Gasteiger partial charge in [-0.3, -0.25) is 14.4 Å². The van der Waals surface area contributed by atoms with Crippen LogP contribution in [0.2, 0.25) is 0 Å². The van der Waals surface area contributed by atoms with Gasteiger partial charge >= 0.3 is 0 Å². The van der Waals surface area contributed by atoms with Crippen molar-refractivity contribution in [1.29, 1.82) is 0 Å². The van der Waals surface area contributed by atoms with E-state index in [4.69, 9.17) is 0 Å². The Labute approximate surface area is 149 Å². The van der Waals surface area contributed by atoms with Crippen molar-refractivity contribution in [2.45, 2.75) is 31.8 Å². The van der Waals surface area contributed by atoms with Crippen molar-refractivity contribution in [3.05, 3.63) is 53.9 Å². The normalized spacial score (nSPS) is 26.4. The Kier molecular flexibility index (Phi) is 4.57. The molecule has 0 bridgehead atoms. The van der Waals surface area contributed by atoms with Crippen LogP contribution in [0.25, 0.3) is 0 Å². The van der Waals surface area contributed by atoms with E-state index in [0.29, 0.717) is 17.5 Å². The minimum Gasteiger partial charge on any atom is -0.349 e. The summed E-state index contributed by atoms with van der Waals surface area (Å²) < 4.78 is 1.67. The van der Waals surface area contributed by atoms with E-state index in [2.05, 4.69) is 45.6 Å². The molecule has 1 unspecified atom stereocenters. The molecule has 1 aromatic carbocycles. The number of benzene rings is 1. The van der Waals surface area contributed by atoms with Gasteiger partial charge in [0.05, 0.1) is 11.8 Å². The first kappa shape index (κ1) is 16.3. The Morgan fingerprint density at radius 2 is 2.00 bits per heavy atom. The third-order valence-corrected chi connectivity index (χ3v) is 5.68. The van der Waals surface area contributed by atoms with E-state index in [9.17, 15) is 4.79 Å². The minimum absolute atomic E-state index is 0.00990. The zero-order chi connectivity index (χ0) is 17.2. The molecule has 3 atom stereocenters. The van der Waals surface area contributed by atoms with Gasteiger partial charge in [0.25, 0.3) is 5.91 Å². The molecule has 5 nitrogen and oxygen atoms in total. The summed E-state index contributed by atoms with van der Waals surface area (Å²) in [5.74, 6) is 1.50. The fourth-order valence-electron chi connectivity index (χ4n) is 4.44. The van der Waals surface area contributed by atoms with Crippen LogP contribution in [0.15, 0.2) is 42.7 Å². The van der Waals surface area contributed by atoms with Crippen LogP contribution < -0.4 is 5.32 Å². The van der Waals surface area contributed by atoms with Crippen LogP contribution in [0.1, 0.15) is 35.2 Å². The van der Waals surface area contributed by atoms with E-state index < -0.39 is 0 Å². The molecule has 2 aliphatic rings. The molecular formula is C20H26N4O. The van der Waals surface area contributed by atoms with Crippen LogP contribution >= 0.6 is 0 Å². The highest BCUT2D eigenvalue weighted by Gasteiger charge is 2.38. The van der Waals surface area contributed by atoms with Crippen molar-refractivity contribution in [2.75, 3.05) is 13.1 Å². The first-order valence-electron chi connectivity index (χ1n) is 9.23. The van der Waals surface area contributed by atoms with E-state index in [1.807, 2.05) is 7.05 Å². The summed E-state index contributed by atoms with van der Waals surface area (Å²) in [6.45, 7) is 3.39. The molecule has 25 heavy (non-hydrogen) atoms. The van der Waals surface area contributed by atoms with E-state index in [1.165, 1.54) is 18.5 Å². The van der Waals surface area contributed by atoms with Gasteiger partial charge in [-0.25, -0.2) is 0 Å². The molecule has 1 N–H and O–H groups in total. The molecule has 0 radical (unpaired) electrons. The predicted molar refractivity (Wildman–Crippen MR) is 97.0 cm³/mol. The summed E-state index contributed by atoms with van der Waals surface area (Å²) in [7, 11) is 1.84. The fraction of sp³-hybridized carbons (Fsp3) is 0.500. The van der Waals surface area contributed by atoms with Gasteiger partial charge < -0.3 is 5.32 Å². The quantitative estimate of drug-likeness (QED) is 0.932. The Morgan fingerprint density at radius 3 is 2.76 bits per heavy atom. The number of fused-ring (bicyclic) bond motifs is 1. The molecule has 4 rings (SSSR count). The smallest absolute Gasteiger partial charge is 0.254 e. The first-order chi connectivity index (χ1) is 12.2. The maximum atomic E-state index is 12.3. The van der Waals surface area contributed by atoms with Crippen molar-refractivity contribution in [1.82, 2.24) is 20.0 Å². The molecule has 1 amide bonds. The highest BCUT2D eigenvalue weighted by atomic mass is 16.1. The number of hydrogen-bond donors (Lipinski definition) is 1. The van der Waals surface area contributed by atoms with Crippen LogP contribution in [0.4, 0.5) is 0 Å². The van der Waals surface area contributed by atoms with Crippen LogP contribution in [0.5, 0.6) is 0 Å². The lowest BCUT2D eigenvalue weighted by Gasteiger charge is -2.31. The van der Waals surface area contributed by atoms with E-state index in [1.54, 1.807) is 17.1 Å². The average Bonchev–Trinajstić information content (AvgIpc) is 3.21. The first-order valence-corrected chi connectivity index (χ1v) is 9.23.